The second kappa shape index (κ2) is 12.4. The quantitative estimate of drug-likeness (QED) is 0.220. The fraction of sp³-hybridized carbons (Fsp3) is 0.273. The van der Waals surface area contributed by atoms with Crippen molar-refractivity contribution in [2.24, 2.45) is 5.92 Å². The number of rotatable bonds is 8. The van der Waals surface area contributed by atoms with Gasteiger partial charge in [-0.2, -0.15) is 0 Å². The molecule has 2 aliphatic rings. The number of aromatic nitrogens is 1. The summed E-state index contributed by atoms with van der Waals surface area (Å²) in [6.45, 7) is 7.65. The monoisotopic (exact) mass is 690 g/mol. The van der Waals surface area contributed by atoms with E-state index in [1.54, 1.807) is 30.3 Å². The maximum atomic E-state index is 14.1. The first-order valence-electron chi connectivity index (χ1n) is 14.4. The van der Waals surface area contributed by atoms with Crippen LogP contribution in [0.5, 0.6) is 0 Å². The van der Waals surface area contributed by atoms with Gasteiger partial charge in [-0.25, -0.2) is 4.90 Å². The lowest BCUT2D eigenvalue weighted by Crippen LogP contribution is -2.33. The summed E-state index contributed by atoms with van der Waals surface area (Å²) in [7, 11) is 0. The predicted octanol–water partition coefficient (Wildman–Crippen LogP) is 6.26. The highest BCUT2D eigenvalue weighted by Crippen LogP contribution is 2.54. The zero-order valence-corrected chi connectivity index (χ0v) is 27.7. The Bertz CT molecular complexity index is 1800. The fourth-order valence-corrected chi connectivity index (χ4v) is 9.04. The average Bonchev–Trinajstić information content (AvgIpc) is 3.45. The third-order valence-electron chi connectivity index (χ3n) is 8.12. The van der Waals surface area contributed by atoms with Gasteiger partial charge in [0, 0.05) is 39.7 Å². The molecule has 0 saturated carbocycles. The third-order valence-corrected chi connectivity index (χ3v) is 11.3. The van der Waals surface area contributed by atoms with E-state index in [1.807, 2.05) is 49.4 Å². The number of fused-ring (bicyclic) bond motifs is 2. The van der Waals surface area contributed by atoms with E-state index in [4.69, 9.17) is 0 Å². The third kappa shape index (κ3) is 5.52. The molecule has 1 aromatic heterocycles. The first kappa shape index (κ1) is 30.4. The minimum absolute atomic E-state index is 0.199. The number of amides is 3. The van der Waals surface area contributed by atoms with Crippen LogP contribution in [-0.4, -0.2) is 40.6 Å². The highest BCUT2D eigenvalue weighted by atomic mass is 79.9. The van der Waals surface area contributed by atoms with Crippen molar-refractivity contribution in [2.75, 3.05) is 28.2 Å². The van der Waals surface area contributed by atoms with E-state index in [0.29, 0.717) is 21.3 Å². The number of halogens is 1. The number of nitrogens with zero attached hydrogens (tertiary/aromatic N) is 3. The number of aryl methyl sites for hydroxylation is 1. The summed E-state index contributed by atoms with van der Waals surface area (Å²) in [5.41, 5.74) is 4.07. The molecule has 1 saturated heterocycles. The van der Waals surface area contributed by atoms with Crippen LogP contribution in [0.2, 0.25) is 0 Å². The lowest BCUT2D eigenvalue weighted by atomic mass is 9.83. The van der Waals surface area contributed by atoms with Crippen LogP contribution < -0.4 is 20.0 Å². The van der Waals surface area contributed by atoms with E-state index in [1.165, 1.54) is 21.2 Å². The predicted molar refractivity (Wildman–Crippen MR) is 180 cm³/mol. The first-order valence-corrected chi connectivity index (χ1v) is 16.9. The summed E-state index contributed by atoms with van der Waals surface area (Å²) in [6.07, 6.45) is 0. The number of thioether (sulfide) groups is 1. The van der Waals surface area contributed by atoms with E-state index >= 15 is 0 Å². The van der Waals surface area contributed by atoms with Gasteiger partial charge < -0.3 is 10.2 Å². The molecule has 6 rings (SSSR count). The number of carbonyl (C=O) groups is 3. The van der Waals surface area contributed by atoms with Crippen LogP contribution >= 0.6 is 39.0 Å². The molecule has 1 fully saturated rings. The van der Waals surface area contributed by atoms with Crippen molar-refractivity contribution in [3.8, 4) is 0 Å². The molecule has 0 spiro atoms. The summed E-state index contributed by atoms with van der Waals surface area (Å²) in [6, 6.07) is 22.6. The molecule has 3 heterocycles. The van der Waals surface area contributed by atoms with Crippen LogP contribution in [0.1, 0.15) is 35.8 Å². The maximum absolute atomic E-state index is 14.1. The van der Waals surface area contributed by atoms with Crippen LogP contribution in [-0.2, 0) is 20.9 Å². The van der Waals surface area contributed by atoms with Crippen LogP contribution in [0.25, 0.3) is 0 Å². The van der Waals surface area contributed by atoms with Crippen molar-refractivity contribution in [1.29, 1.82) is 0 Å². The standard InChI is InChI=1S/C33H31BrN4O4S2/c1-4-36(5-2)23-13-9-20(10-14-23)26-27-28(31(41)38(30(27)40)24-15-11-21(34)12-16-24)43-32-29(26)44-33(42)37(32)18-25(39)35-22-8-6-7-19(3)17-22/h6-17,26-28H,4-5,18H2,1-3H3,(H,35,39)/t26-,27?,28?/m1/s1. The van der Waals surface area contributed by atoms with E-state index in [0.717, 1.165) is 45.7 Å². The molecule has 2 aliphatic heterocycles. The van der Waals surface area contributed by atoms with E-state index in [2.05, 4.69) is 40.0 Å². The summed E-state index contributed by atoms with van der Waals surface area (Å²) < 4.78 is 2.29. The van der Waals surface area contributed by atoms with Gasteiger partial charge in [0.15, 0.2) is 0 Å². The highest BCUT2D eigenvalue weighted by molar-refractivity contribution is 9.10. The van der Waals surface area contributed by atoms with Crippen molar-refractivity contribution in [3.05, 3.63) is 103 Å². The van der Waals surface area contributed by atoms with Gasteiger partial charge in [0.05, 0.1) is 16.6 Å². The first-order chi connectivity index (χ1) is 21.2. The van der Waals surface area contributed by atoms with Gasteiger partial charge in [0.2, 0.25) is 17.7 Å². The van der Waals surface area contributed by atoms with Crippen molar-refractivity contribution in [3.63, 3.8) is 0 Å². The van der Waals surface area contributed by atoms with Gasteiger partial charge in [-0.15, -0.1) is 0 Å². The molecular formula is C33H31BrN4O4S2. The number of imide groups is 1. The Hall–Kier alpha value is -3.67. The van der Waals surface area contributed by atoms with Gasteiger partial charge in [-0.05, 0) is 80.4 Å². The van der Waals surface area contributed by atoms with Gasteiger partial charge in [0.1, 0.15) is 11.8 Å². The zero-order chi connectivity index (χ0) is 31.1. The largest absolute Gasteiger partial charge is 0.372 e. The molecule has 1 N–H and O–H groups in total. The molecule has 0 radical (unpaired) electrons. The molecule has 0 aliphatic carbocycles. The van der Waals surface area contributed by atoms with Gasteiger partial charge in [-0.1, -0.05) is 63.3 Å². The minimum atomic E-state index is -0.744. The molecule has 226 valence electrons. The number of anilines is 3. The number of thiazole rings is 1. The van der Waals surface area contributed by atoms with Crippen molar-refractivity contribution < 1.29 is 14.4 Å². The Morgan fingerprint density at radius 3 is 2.32 bits per heavy atom. The molecule has 8 nitrogen and oxygen atoms in total. The Labute approximate surface area is 272 Å². The minimum Gasteiger partial charge on any atom is -0.372 e. The lowest BCUT2D eigenvalue weighted by molar-refractivity contribution is -0.122. The number of nitrogens with one attached hydrogen (secondary N) is 1. The molecular weight excluding hydrogens is 660 g/mol. The lowest BCUT2D eigenvalue weighted by Gasteiger charge is -2.31. The topological polar surface area (TPSA) is 91.7 Å². The molecule has 11 heteroatoms. The van der Waals surface area contributed by atoms with E-state index in [9.17, 15) is 19.2 Å². The summed E-state index contributed by atoms with van der Waals surface area (Å²) in [4.78, 5) is 58.6. The molecule has 3 aromatic carbocycles. The van der Waals surface area contributed by atoms with Gasteiger partial charge in [0.25, 0.3) is 0 Å². The van der Waals surface area contributed by atoms with Crippen molar-refractivity contribution in [2.45, 2.75) is 43.5 Å². The Balaban J connectivity index is 1.41. The summed E-state index contributed by atoms with van der Waals surface area (Å²) in [5, 5.41) is 2.70. The Morgan fingerprint density at radius 1 is 0.955 bits per heavy atom. The number of carbonyl (C=O) groups excluding carboxylic acids is 3. The average molecular weight is 692 g/mol. The number of benzene rings is 3. The maximum Gasteiger partial charge on any atom is 0.308 e. The summed E-state index contributed by atoms with van der Waals surface area (Å²) >= 11 is 5.69. The molecule has 3 atom stereocenters. The van der Waals surface area contributed by atoms with E-state index in [-0.39, 0.29) is 29.1 Å². The van der Waals surface area contributed by atoms with Crippen molar-refractivity contribution in [1.82, 2.24) is 4.57 Å². The fourth-order valence-electron chi connectivity index (χ4n) is 6.01. The zero-order valence-electron chi connectivity index (χ0n) is 24.5. The second-order valence-corrected chi connectivity index (χ2v) is 13.9. The number of hydrogen-bond donors (Lipinski definition) is 1. The van der Waals surface area contributed by atoms with Crippen LogP contribution in [0.15, 0.2) is 87.1 Å². The molecule has 2 unspecified atom stereocenters. The second-order valence-electron chi connectivity index (χ2n) is 10.8. The molecule has 44 heavy (non-hydrogen) atoms. The van der Waals surface area contributed by atoms with Crippen LogP contribution in [0.4, 0.5) is 17.1 Å². The SMILES string of the molecule is CCN(CC)c1ccc([C@H]2c3sc(=O)n(CC(=O)Nc4cccc(C)c4)c3SC3C(=O)N(c4ccc(Br)cc4)C(=O)C32)cc1. The Kier molecular flexibility index (Phi) is 8.54. The van der Waals surface area contributed by atoms with E-state index < -0.39 is 17.1 Å². The number of hydrogen-bond acceptors (Lipinski definition) is 7. The Morgan fingerprint density at radius 2 is 1.66 bits per heavy atom. The smallest absolute Gasteiger partial charge is 0.308 e. The summed E-state index contributed by atoms with van der Waals surface area (Å²) in [5.74, 6) is -2.17. The van der Waals surface area contributed by atoms with Crippen LogP contribution in [0.3, 0.4) is 0 Å². The molecule has 3 amide bonds. The molecule has 4 aromatic rings. The van der Waals surface area contributed by atoms with Gasteiger partial charge in [-0.3, -0.25) is 23.7 Å². The highest BCUT2D eigenvalue weighted by Gasteiger charge is 2.56. The normalized spacial score (nSPS) is 19.1. The van der Waals surface area contributed by atoms with Gasteiger partial charge >= 0.3 is 4.87 Å². The molecule has 0 bridgehead atoms. The van der Waals surface area contributed by atoms with Crippen LogP contribution in [0, 0.1) is 12.8 Å². The van der Waals surface area contributed by atoms with Crippen molar-refractivity contribution >= 4 is 73.8 Å².